The van der Waals surface area contributed by atoms with Crippen LogP contribution in [0.2, 0.25) is 5.02 Å². The lowest BCUT2D eigenvalue weighted by atomic mass is 10.1. The summed E-state index contributed by atoms with van der Waals surface area (Å²) in [5.41, 5.74) is 3.40. The predicted octanol–water partition coefficient (Wildman–Crippen LogP) is 5.49. The zero-order chi connectivity index (χ0) is 23.5. The molecule has 7 heteroatoms. The Hall–Kier alpha value is -3.77. The minimum atomic E-state index is -0.424. The summed E-state index contributed by atoms with van der Waals surface area (Å²) >= 11 is 5.98. The molecule has 168 valence electrons. The Labute approximate surface area is 196 Å². The van der Waals surface area contributed by atoms with Crippen LogP contribution < -0.4 is 14.8 Å². The fraction of sp³-hybridized carbons (Fsp3) is 0.154. The predicted molar refractivity (Wildman–Crippen MR) is 130 cm³/mol. The molecule has 0 radical (unpaired) electrons. The van der Waals surface area contributed by atoms with Gasteiger partial charge in [-0.15, -0.1) is 0 Å². The molecule has 1 N–H and O–H groups in total. The van der Waals surface area contributed by atoms with Crippen LogP contribution in [0.1, 0.15) is 21.6 Å². The number of nitrogens with zero attached hydrogens (tertiary/aromatic N) is 1. The van der Waals surface area contributed by atoms with Gasteiger partial charge < -0.3 is 14.8 Å². The van der Waals surface area contributed by atoms with Gasteiger partial charge in [-0.05, 0) is 67.1 Å². The monoisotopic (exact) mass is 462 g/mol. The molecule has 0 fully saturated rings. The summed E-state index contributed by atoms with van der Waals surface area (Å²) in [6.45, 7) is 1.82. The number of esters is 1. The van der Waals surface area contributed by atoms with Gasteiger partial charge in [-0.2, -0.15) is 0 Å². The van der Waals surface area contributed by atoms with Crippen LogP contribution in [0.4, 0.5) is 5.69 Å². The van der Waals surface area contributed by atoms with Gasteiger partial charge in [0.05, 0.1) is 19.0 Å². The van der Waals surface area contributed by atoms with Crippen LogP contribution in [-0.2, 0) is 11.2 Å². The number of halogens is 1. The molecule has 3 aromatic carbocycles. The normalized spacial score (nSPS) is 10.8. The zero-order valence-electron chi connectivity index (χ0n) is 18.5. The number of carbonyl (C=O) groups excluding carboxylic acids is 2. The van der Waals surface area contributed by atoms with Crippen molar-refractivity contribution in [3.63, 3.8) is 0 Å². The van der Waals surface area contributed by atoms with Gasteiger partial charge in [-0.25, -0.2) is 0 Å². The van der Waals surface area contributed by atoms with Gasteiger partial charge >= 0.3 is 5.97 Å². The third-order valence-electron chi connectivity index (χ3n) is 5.51. The Bertz CT molecular complexity index is 1340. The van der Waals surface area contributed by atoms with E-state index < -0.39 is 5.97 Å². The molecule has 0 aliphatic carbocycles. The Balaban J connectivity index is 1.74. The standard InChI is InChI=1S/C26H23ClN2O4/c1-16-22(15-25(30)33-21-6-4-5-19(13-21)28-2)23-14-20(32-3)11-12-24(23)29(16)26(31)17-7-9-18(27)10-8-17/h4-14,28H,15H2,1-3H3. The molecule has 0 atom stereocenters. The van der Waals surface area contributed by atoms with E-state index in [0.29, 0.717) is 38.9 Å². The van der Waals surface area contributed by atoms with Gasteiger partial charge in [0.25, 0.3) is 5.91 Å². The Morgan fingerprint density at radius 2 is 1.76 bits per heavy atom. The molecule has 33 heavy (non-hydrogen) atoms. The third kappa shape index (κ3) is 4.56. The van der Waals surface area contributed by atoms with E-state index in [1.807, 2.05) is 25.1 Å². The first kappa shape index (κ1) is 22.4. The van der Waals surface area contributed by atoms with E-state index >= 15 is 0 Å². The number of anilines is 1. The fourth-order valence-corrected chi connectivity index (χ4v) is 3.95. The largest absolute Gasteiger partial charge is 0.497 e. The third-order valence-corrected chi connectivity index (χ3v) is 5.76. The van der Waals surface area contributed by atoms with Crippen LogP contribution in [0.25, 0.3) is 10.9 Å². The van der Waals surface area contributed by atoms with E-state index in [1.54, 1.807) is 67.3 Å². The van der Waals surface area contributed by atoms with E-state index in [-0.39, 0.29) is 12.3 Å². The number of carbonyl (C=O) groups is 2. The van der Waals surface area contributed by atoms with Gasteiger partial charge in [0.1, 0.15) is 11.5 Å². The number of aromatic nitrogens is 1. The minimum Gasteiger partial charge on any atom is -0.497 e. The number of methoxy groups -OCH3 is 1. The Morgan fingerprint density at radius 1 is 1.00 bits per heavy atom. The first-order valence-corrected chi connectivity index (χ1v) is 10.8. The topological polar surface area (TPSA) is 69.6 Å². The van der Waals surface area contributed by atoms with Crippen molar-refractivity contribution in [3.05, 3.63) is 88.6 Å². The highest BCUT2D eigenvalue weighted by molar-refractivity contribution is 6.30. The lowest BCUT2D eigenvalue weighted by Crippen LogP contribution is -2.15. The maximum atomic E-state index is 13.4. The fourth-order valence-electron chi connectivity index (χ4n) is 3.82. The molecule has 4 aromatic rings. The first-order valence-electron chi connectivity index (χ1n) is 10.4. The summed E-state index contributed by atoms with van der Waals surface area (Å²) in [6.07, 6.45) is 0.000179. The van der Waals surface area contributed by atoms with Gasteiger partial charge in [-0.1, -0.05) is 17.7 Å². The number of nitrogens with one attached hydrogen (secondary N) is 1. The molecule has 0 bridgehead atoms. The van der Waals surface area contributed by atoms with Crippen molar-refractivity contribution in [2.75, 3.05) is 19.5 Å². The van der Waals surface area contributed by atoms with E-state index in [0.717, 1.165) is 11.1 Å². The molecule has 0 unspecified atom stereocenters. The van der Waals surface area contributed by atoms with Crippen molar-refractivity contribution < 1.29 is 19.1 Å². The number of hydrogen-bond donors (Lipinski definition) is 1. The Kier molecular flexibility index (Phi) is 6.38. The van der Waals surface area contributed by atoms with Crippen molar-refractivity contribution in [3.8, 4) is 11.5 Å². The van der Waals surface area contributed by atoms with Crippen LogP contribution in [0.15, 0.2) is 66.7 Å². The van der Waals surface area contributed by atoms with Crippen LogP contribution >= 0.6 is 11.6 Å². The van der Waals surface area contributed by atoms with Gasteiger partial charge in [0.15, 0.2) is 0 Å². The molecule has 1 aromatic heterocycles. The SMILES string of the molecule is CNc1cccc(OC(=O)Cc2c(C)n(C(=O)c3ccc(Cl)cc3)c3ccc(OC)cc23)c1. The summed E-state index contributed by atoms with van der Waals surface area (Å²) in [5.74, 6) is 0.450. The second-order valence-electron chi connectivity index (χ2n) is 7.52. The highest BCUT2D eigenvalue weighted by atomic mass is 35.5. The second-order valence-corrected chi connectivity index (χ2v) is 7.96. The van der Waals surface area contributed by atoms with E-state index in [4.69, 9.17) is 21.1 Å². The average molecular weight is 463 g/mol. The lowest BCUT2D eigenvalue weighted by molar-refractivity contribution is -0.133. The maximum absolute atomic E-state index is 13.4. The van der Waals surface area contributed by atoms with Crippen LogP contribution in [-0.4, -0.2) is 30.6 Å². The molecule has 1 heterocycles. The molecule has 0 spiro atoms. The summed E-state index contributed by atoms with van der Waals surface area (Å²) in [4.78, 5) is 26.2. The van der Waals surface area contributed by atoms with Crippen LogP contribution in [0.5, 0.6) is 11.5 Å². The van der Waals surface area contributed by atoms with Crippen LogP contribution in [0, 0.1) is 6.92 Å². The summed E-state index contributed by atoms with van der Waals surface area (Å²) in [6, 6.07) is 19.3. The molecule has 0 saturated heterocycles. The summed E-state index contributed by atoms with van der Waals surface area (Å²) in [7, 11) is 3.37. The number of benzene rings is 3. The van der Waals surface area contributed by atoms with Crippen molar-refractivity contribution >= 4 is 40.1 Å². The molecule has 0 aliphatic rings. The van der Waals surface area contributed by atoms with Crippen molar-refractivity contribution in [2.24, 2.45) is 0 Å². The van der Waals surface area contributed by atoms with Crippen molar-refractivity contribution in [1.82, 2.24) is 4.57 Å². The second kappa shape index (κ2) is 9.38. The van der Waals surface area contributed by atoms with Crippen LogP contribution in [0.3, 0.4) is 0 Å². The number of ether oxygens (including phenoxy) is 2. The number of hydrogen-bond acceptors (Lipinski definition) is 5. The number of rotatable bonds is 6. The zero-order valence-corrected chi connectivity index (χ0v) is 19.3. The first-order chi connectivity index (χ1) is 15.9. The number of fused-ring (bicyclic) bond motifs is 1. The Morgan fingerprint density at radius 3 is 2.45 bits per heavy atom. The molecule has 0 amide bonds. The van der Waals surface area contributed by atoms with Crippen molar-refractivity contribution in [2.45, 2.75) is 13.3 Å². The highest BCUT2D eigenvalue weighted by Crippen LogP contribution is 2.31. The highest BCUT2D eigenvalue weighted by Gasteiger charge is 2.22. The van der Waals surface area contributed by atoms with Gasteiger partial charge in [0.2, 0.25) is 0 Å². The molecule has 6 nitrogen and oxygen atoms in total. The molecule has 0 aliphatic heterocycles. The van der Waals surface area contributed by atoms with E-state index in [1.165, 1.54) is 0 Å². The molecular weight excluding hydrogens is 440 g/mol. The minimum absolute atomic E-state index is 0.000179. The van der Waals surface area contributed by atoms with Gasteiger partial charge in [-0.3, -0.25) is 14.2 Å². The smallest absolute Gasteiger partial charge is 0.315 e. The summed E-state index contributed by atoms with van der Waals surface area (Å²) in [5, 5.41) is 4.33. The molecule has 4 rings (SSSR count). The summed E-state index contributed by atoms with van der Waals surface area (Å²) < 4.78 is 12.6. The molecule has 0 saturated carbocycles. The lowest BCUT2D eigenvalue weighted by Gasteiger charge is -2.09. The van der Waals surface area contributed by atoms with E-state index in [9.17, 15) is 9.59 Å². The van der Waals surface area contributed by atoms with Crippen molar-refractivity contribution in [1.29, 1.82) is 0 Å². The maximum Gasteiger partial charge on any atom is 0.315 e. The van der Waals surface area contributed by atoms with E-state index in [2.05, 4.69) is 5.32 Å². The quantitative estimate of drug-likeness (QED) is 0.303. The van der Waals surface area contributed by atoms with Gasteiger partial charge in [0, 0.05) is 40.5 Å². The molecular formula is C26H23ClN2O4. The average Bonchev–Trinajstić information content (AvgIpc) is 3.09.